The minimum atomic E-state index is -0.818. The minimum absolute atomic E-state index is 0.153. The van der Waals surface area contributed by atoms with Gasteiger partial charge in [0.15, 0.2) is 40.3 Å². The van der Waals surface area contributed by atoms with Crippen molar-refractivity contribution in [2.24, 2.45) is 0 Å². The van der Waals surface area contributed by atoms with Gasteiger partial charge >= 0.3 is 0 Å². The Morgan fingerprint density at radius 3 is 1.50 bits per heavy atom. The molecule has 24 heavy (non-hydrogen) atoms. The molecule has 126 valence electrons. The summed E-state index contributed by atoms with van der Waals surface area (Å²) >= 11 is 0. The smallest absolute Gasteiger partial charge is 0.251 e. The lowest BCUT2D eigenvalue weighted by atomic mass is 10.1. The molecular formula is C15H13NO8. The van der Waals surface area contributed by atoms with Crippen molar-refractivity contribution in [1.82, 2.24) is 5.32 Å². The second kappa shape index (κ2) is 6.24. The highest BCUT2D eigenvalue weighted by molar-refractivity contribution is 6.03. The molecule has 0 saturated carbocycles. The van der Waals surface area contributed by atoms with Crippen molar-refractivity contribution in [3.63, 3.8) is 0 Å². The lowest BCUT2D eigenvalue weighted by molar-refractivity contribution is 0.0903. The third-order valence-electron chi connectivity index (χ3n) is 3.13. The normalized spacial score (nSPS) is 10.3. The van der Waals surface area contributed by atoms with Gasteiger partial charge in [-0.25, -0.2) is 0 Å². The maximum atomic E-state index is 11.9. The maximum absolute atomic E-state index is 11.9. The zero-order valence-corrected chi connectivity index (χ0v) is 12.0. The van der Waals surface area contributed by atoms with Gasteiger partial charge in [-0.15, -0.1) is 0 Å². The summed E-state index contributed by atoms with van der Waals surface area (Å²) < 4.78 is 0. The quantitative estimate of drug-likeness (QED) is 0.314. The van der Waals surface area contributed by atoms with Gasteiger partial charge in [0, 0.05) is 11.1 Å². The van der Waals surface area contributed by atoms with Crippen molar-refractivity contribution in [2.45, 2.75) is 0 Å². The largest absolute Gasteiger partial charge is 0.504 e. The van der Waals surface area contributed by atoms with Gasteiger partial charge < -0.3 is 36.0 Å². The topological polar surface area (TPSA) is 168 Å². The molecular weight excluding hydrogens is 322 g/mol. The fourth-order valence-corrected chi connectivity index (χ4v) is 1.87. The summed E-state index contributed by atoms with van der Waals surface area (Å²) in [4.78, 5) is 23.8. The number of hydrogen-bond acceptors (Lipinski definition) is 8. The number of carbonyl (C=O) groups is 2. The number of Topliss-reactive ketones (excluding diaryl/α,β-unsaturated/α-hetero) is 1. The number of benzene rings is 2. The first-order chi connectivity index (χ1) is 11.2. The Hall–Kier alpha value is -3.62. The summed E-state index contributed by atoms with van der Waals surface area (Å²) in [7, 11) is 0. The van der Waals surface area contributed by atoms with Crippen LogP contribution in [-0.2, 0) is 0 Å². The molecule has 9 heteroatoms. The Morgan fingerprint density at radius 2 is 1.08 bits per heavy atom. The molecule has 7 N–H and O–H groups in total. The van der Waals surface area contributed by atoms with E-state index in [4.69, 9.17) is 0 Å². The van der Waals surface area contributed by atoms with Crippen molar-refractivity contribution < 1.29 is 40.2 Å². The number of phenolic OH excluding ortho intramolecular Hbond substituents is 6. The highest BCUT2D eigenvalue weighted by Crippen LogP contribution is 2.36. The van der Waals surface area contributed by atoms with E-state index in [-0.39, 0.29) is 11.1 Å². The highest BCUT2D eigenvalue weighted by atomic mass is 16.3. The predicted molar refractivity (Wildman–Crippen MR) is 79.5 cm³/mol. The van der Waals surface area contributed by atoms with E-state index >= 15 is 0 Å². The number of aromatic hydroxyl groups is 6. The summed E-state index contributed by atoms with van der Waals surface area (Å²) in [6, 6.07) is 3.63. The lowest BCUT2D eigenvalue weighted by Gasteiger charge is -2.08. The van der Waals surface area contributed by atoms with Gasteiger partial charge in [0.1, 0.15) is 0 Å². The Morgan fingerprint density at radius 1 is 0.708 bits per heavy atom. The average molecular weight is 335 g/mol. The Balaban J connectivity index is 2.10. The van der Waals surface area contributed by atoms with Crippen LogP contribution in [0.2, 0.25) is 0 Å². The van der Waals surface area contributed by atoms with Crippen LogP contribution in [-0.4, -0.2) is 48.9 Å². The van der Waals surface area contributed by atoms with E-state index in [1.807, 2.05) is 0 Å². The fraction of sp³-hybridized carbons (Fsp3) is 0.0667. The van der Waals surface area contributed by atoms with Crippen LogP contribution in [0.4, 0.5) is 0 Å². The van der Waals surface area contributed by atoms with Crippen LogP contribution in [0.3, 0.4) is 0 Å². The maximum Gasteiger partial charge on any atom is 0.251 e. The molecule has 0 aliphatic rings. The van der Waals surface area contributed by atoms with E-state index in [0.29, 0.717) is 0 Å². The first-order valence-corrected chi connectivity index (χ1v) is 6.52. The third-order valence-corrected chi connectivity index (χ3v) is 3.13. The van der Waals surface area contributed by atoms with E-state index in [1.165, 1.54) is 0 Å². The average Bonchev–Trinajstić information content (AvgIpc) is 2.53. The molecule has 2 aromatic carbocycles. The molecule has 0 aliphatic heterocycles. The first-order valence-electron chi connectivity index (χ1n) is 6.52. The lowest BCUT2D eigenvalue weighted by Crippen LogP contribution is -2.29. The van der Waals surface area contributed by atoms with E-state index < -0.39 is 52.7 Å². The molecule has 0 fully saturated rings. The van der Waals surface area contributed by atoms with Crippen LogP contribution in [0.5, 0.6) is 34.5 Å². The van der Waals surface area contributed by atoms with E-state index in [0.717, 1.165) is 24.3 Å². The minimum Gasteiger partial charge on any atom is -0.504 e. The molecule has 0 radical (unpaired) electrons. The molecule has 0 atom stereocenters. The van der Waals surface area contributed by atoms with Crippen LogP contribution in [0.25, 0.3) is 0 Å². The first kappa shape index (κ1) is 16.7. The van der Waals surface area contributed by atoms with Crippen LogP contribution in [0.15, 0.2) is 24.3 Å². The molecule has 2 rings (SSSR count). The van der Waals surface area contributed by atoms with Gasteiger partial charge in [-0.3, -0.25) is 9.59 Å². The van der Waals surface area contributed by atoms with Crippen molar-refractivity contribution in [3.05, 3.63) is 35.4 Å². The molecule has 0 heterocycles. The van der Waals surface area contributed by atoms with E-state index in [9.17, 15) is 40.2 Å². The number of carbonyl (C=O) groups excluding carboxylic acids is 2. The van der Waals surface area contributed by atoms with Crippen molar-refractivity contribution in [2.75, 3.05) is 6.54 Å². The molecule has 0 bridgehead atoms. The van der Waals surface area contributed by atoms with E-state index in [1.54, 1.807) is 0 Å². The Kier molecular flexibility index (Phi) is 4.36. The summed E-state index contributed by atoms with van der Waals surface area (Å²) in [5, 5.41) is 58.0. The molecule has 0 aromatic heterocycles. The van der Waals surface area contributed by atoms with Crippen LogP contribution < -0.4 is 5.32 Å². The fourth-order valence-electron chi connectivity index (χ4n) is 1.87. The molecule has 0 spiro atoms. The number of phenols is 6. The second-order valence-electron chi connectivity index (χ2n) is 4.83. The third kappa shape index (κ3) is 3.24. The van der Waals surface area contributed by atoms with Gasteiger partial charge in [-0.2, -0.15) is 0 Å². The number of amides is 1. The molecule has 0 unspecified atom stereocenters. The molecule has 9 nitrogen and oxygen atoms in total. The SMILES string of the molecule is O=C(CNC(=O)c1cc(O)c(O)c(O)c1)c1cc(O)c(O)c(O)c1. The highest BCUT2D eigenvalue weighted by Gasteiger charge is 2.17. The zero-order chi connectivity index (χ0) is 18.0. The summed E-state index contributed by atoms with van der Waals surface area (Å²) in [5.41, 5.74) is -0.355. The van der Waals surface area contributed by atoms with Crippen LogP contribution in [0, 0.1) is 0 Å². The van der Waals surface area contributed by atoms with Gasteiger partial charge in [0.05, 0.1) is 6.54 Å². The zero-order valence-electron chi connectivity index (χ0n) is 12.0. The van der Waals surface area contributed by atoms with Crippen molar-refractivity contribution >= 4 is 11.7 Å². The van der Waals surface area contributed by atoms with Gasteiger partial charge in [0.25, 0.3) is 5.91 Å². The van der Waals surface area contributed by atoms with Gasteiger partial charge in [0.2, 0.25) is 0 Å². The summed E-state index contributed by atoms with van der Waals surface area (Å²) in [6.45, 7) is -0.523. The molecule has 0 saturated heterocycles. The monoisotopic (exact) mass is 335 g/mol. The number of ketones is 1. The summed E-state index contributed by atoms with van der Waals surface area (Å²) in [5.74, 6) is -5.86. The van der Waals surface area contributed by atoms with Crippen LogP contribution in [0.1, 0.15) is 20.7 Å². The molecule has 0 aliphatic carbocycles. The standard InChI is InChI=1S/C15H13NO8/c17-8-1-6(2-9(18)13(8)22)12(21)5-16-15(24)7-3-10(19)14(23)11(20)4-7/h1-4,17-20,22-23H,5H2,(H,16,24). The second-order valence-corrected chi connectivity index (χ2v) is 4.83. The summed E-state index contributed by atoms with van der Waals surface area (Å²) in [6.07, 6.45) is 0. The number of nitrogens with one attached hydrogen (secondary N) is 1. The van der Waals surface area contributed by atoms with E-state index in [2.05, 4.69) is 5.32 Å². The van der Waals surface area contributed by atoms with Crippen molar-refractivity contribution in [3.8, 4) is 34.5 Å². The van der Waals surface area contributed by atoms with Gasteiger partial charge in [-0.1, -0.05) is 0 Å². The molecule has 2 aromatic rings. The Bertz CT molecular complexity index is 715. The number of rotatable bonds is 4. The van der Waals surface area contributed by atoms with Crippen LogP contribution >= 0.6 is 0 Å². The Labute approximate surface area is 134 Å². The predicted octanol–water partition coefficient (Wildman–Crippen LogP) is 0.533. The van der Waals surface area contributed by atoms with Crippen molar-refractivity contribution in [1.29, 1.82) is 0 Å². The van der Waals surface area contributed by atoms with Gasteiger partial charge in [-0.05, 0) is 24.3 Å². The molecule has 1 amide bonds. The number of hydrogen-bond donors (Lipinski definition) is 7.